The van der Waals surface area contributed by atoms with Gasteiger partial charge in [0.2, 0.25) is 5.91 Å². The van der Waals surface area contributed by atoms with Gasteiger partial charge in [0.05, 0.1) is 5.92 Å². The Balaban J connectivity index is 0.00000264. The molecule has 23 heavy (non-hydrogen) atoms. The third kappa shape index (κ3) is 5.79. The minimum absolute atomic E-state index is 0. The lowest BCUT2D eigenvalue weighted by atomic mass is 9.97. The highest BCUT2D eigenvalue weighted by molar-refractivity contribution is 5.85. The molecule has 2 rings (SSSR count). The minimum Gasteiger partial charge on any atom is -0.352 e. The third-order valence-electron chi connectivity index (χ3n) is 4.64. The molecule has 2 N–H and O–H groups in total. The maximum Gasteiger partial charge on any atom is 0.224 e. The number of amides is 1. The van der Waals surface area contributed by atoms with Crippen molar-refractivity contribution in [2.45, 2.75) is 33.9 Å². The second-order valence-electron chi connectivity index (χ2n) is 6.24. The molecule has 0 aliphatic carbocycles. The lowest BCUT2D eigenvalue weighted by Crippen LogP contribution is -2.33. The summed E-state index contributed by atoms with van der Waals surface area (Å²) in [5.74, 6) is 0.711. The Labute approximate surface area is 146 Å². The van der Waals surface area contributed by atoms with Gasteiger partial charge in [-0.15, -0.1) is 12.4 Å². The predicted molar refractivity (Wildman–Crippen MR) is 97.7 cm³/mol. The van der Waals surface area contributed by atoms with Gasteiger partial charge in [-0.25, -0.2) is 0 Å². The van der Waals surface area contributed by atoms with Crippen molar-refractivity contribution < 1.29 is 4.79 Å². The molecule has 0 spiro atoms. The van der Waals surface area contributed by atoms with Crippen LogP contribution in [-0.4, -0.2) is 37.0 Å². The summed E-state index contributed by atoms with van der Waals surface area (Å²) in [6.07, 6.45) is 0. The van der Waals surface area contributed by atoms with E-state index in [2.05, 4.69) is 60.6 Å². The van der Waals surface area contributed by atoms with E-state index in [9.17, 15) is 4.79 Å². The Morgan fingerprint density at radius 2 is 1.78 bits per heavy atom. The largest absolute Gasteiger partial charge is 0.352 e. The summed E-state index contributed by atoms with van der Waals surface area (Å²) in [4.78, 5) is 14.6. The van der Waals surface area contributed by atoms with Gasteiger partial charge in [0.15, 0.2) is 0 Å². The summed E-state index contributed by atoms with van der Waals surface area (Å²) in [5.41, 5.74) is 2.49. The number of benzene rings is 1. The number of rotatable bonds is 7. The van der Waals surface area contributed by atoms with Crippen LogP contribution in [0.5, 0.6) is 0 Å². The van der Waals surface area contributed by atoms with Gasteiger partial charge in [-0.2, -0.15) is 0 Å². The van der Waals surface area contributed by atoms with Gasteiger partial charge >= 0.3 is 0 Å². The maximum absolute atomic E-state index is 12.2. The topological polar surface area (TPSA) is 44.4 Å². The summed E-state index contributed by atoms with van der Waals surface area (Å²) >= 11 is 0. The quantitative estimate of drug-likeness (QED) is 0.802. The molecule has 0 radical (unpaired) electrons. The monoisotopic (exact) mass is 339 g/mol. The normalized spacial score (nSPS) is 20.3. The molecule has 0 saturated carbocycles. The van der Waals surface area contributed by atoms with Gasteiger partial charge in [-0.05, 0) is 36.7 Å². The van der Waals surface area contributed by atoms with Gasteiger partial charge in [-0.1, -0.05) is 45.0 Å². The summed E-state index contributed by atoms with van der Waals surface area (Å²) in [7, 11) is 0. The van der Waals surface area contributed by atoms with Crippen LogP contribution in [-0.2, 0) is 17.9 Å². The van der Waals surface area contributed by atoms with Crippen molar-refractivity contribution in [3.05, 3.63) is 35.4 Å². The Bertz CT molecular complexity index is 474. The first kappa shape index (κ1) is 19.9. The molecule has 1 heterocycles. The zero-order chi connectivity index (χ0) is 15.9. The van der Waals surface area contributed by atoms with Gasteiger partial charge < -0.3 is 10.6 Å². The summed E-state index contributed by atoms with van der Waals surface area (Å²) < 4.78 is 0. The van der Waals surface area contributed by atoms with E-state index in [1.807, 2.05) is 0 Å². The minimum atomic E-state index is 0. The van der Waals surface area contributed by atoms with E-state index in [-0.39, 0.29) is 24.2 Å². The molecule has 1 aromatic rings. The molecule has 1 fully saturated rings. The average Bonchev–Trinajstić information content (AvgIpc) is 2.97. The molecule has 2 atom stereocenters. The van der Waals surface area contributed by atoms with Crippen molar-refractivity contribution in [2.75, 3.05) is 26.2 Å². The van der Waals surface area contributed by atoms with Crippen molar-refractivity contribution in [1.82, 2.24) is 15.5 Å². The van der Waals surface area contributed by atoms with E-state index in [0.29, 0.717) is 12.5 Å². The first-order valence-electron chi connectivity index (χ1n) is 8.42. The van der Waals surface area contributed by atoms with Crippen molar-refractivity contribution in [3.63, 3.8) is 0 Å². The Hall–Kier alpha value is -1.10. The van der Waals surface area contributed by atoms with E-state index in [1.165, 1.54) is 5.56 Å². The highest BCUT2D eigenvalue weighted by Crippen LogP contribution is 2.16. The van der Waals surface area contributed by atoms with E-state index in [0.717, 1.165) is 38.3 Å². The number of hydrogen-bond donors (Lipinski definition) is 2. The SMILES string of the molecule is CCN(CC)Cc1ccc(CNC(=O)[C@@H]2CNC[C@H]2C)cc1.Cl. The first-order chi connectivity index (χ1) is 10.6. The molecule has 1 aliphatic rings. The van der Waals surface area contributed by atoms with Crippen LogP contribution in [0.4, 0.5) is 0 Å². The van der Waals surface area contributed by atoms with Crippen LogP contribution in [0.25, 0.3) is 0 Å². The first-order valence-corrected chi connectivity index (χ1v) is 8.42. The number of hydrogen-bond acceptors (Lipinski definition) is 3. The third-order valence-corrected chi connectivity index (χ3v) is 4.64. The van der Waals surface area contributed by atoms with Gasteiger partial charge in [0.25, 0.3) is 0 Å². The van der Waals surface area contributed by atoms with Crippen molar-refractivity contribution in [3.8, 4) is 0 Å². The van der Waals surface area contributed by atoms with Crippen LogP contribution >= 0.6 is 12.4 Å². The Kier molecular flexibility index (Phi) is 8.59. The fourth-order valence-corrected chi connectivity index (χ4v) is 2.95. The Morgan fingerprint density at radius 3 is 2.30 bits per heavy atom. The molecule has 0 unspecified atom stereocenters. The van der Waals surface area contributed by atoms with Crippen molar-refractivity contribution in [2.24, 2.45) is 11.8 Å². The number of carbonyl (C=O) groups is 1. The maximum atomic E-state index is 12.2. The molecular formula is C18H30ClN3O. The van der Waals surface area contributed by atoms with Gasteiger partial charge in [0.1, 0.15) is 0 Å². The zero-order valence-electron chi connectivity index (χ0n) is 14.5. The van der Waals surface area contributed by atoms with Crippen LogP contribution in [0.15, 0.2) is 24.3 Å². The van der Waals surface area contributed by atoms with Crippen LogP contribution in [0.1, 0.15) is 31.9 Å². The average molecular weight is 340 g/mol. The summed E-state index contributed by atoms with van der Waals surface area (Å²) in [6.45, 7) is 12.0. The van der Waals surface area contributed by atoms with Crippen LogP contribution in [0, 0.1) is 11.8 Å². The highest BCUT2D eigenvalue weighted by Gasteiger charge is 2.29. The van der Waals surface area contributed by atoms with E-state index >= 15 is 0 Å². The van der Waals surface area contributed by atoms with Crippen LogP contribution in [0.2, 0.25) is 0 Å². The molecule has 1 saturated heterocycles. The molecule has 1 aliphatic heterocycles. The zero-order valence-corrected chi connectivity index (χ0v) is 15.3. The molecule has 4 nitrogen and oxygen atoms in total. The molecule has 5 heteroatoms. The fourth-order valence-electron chi connectivity index (χ4n) is 2.95. The lowest BCUT2D eigenvalue weighted by Gasteiger charge is -2.18. The van der Waals surface area contributed by atoms with Gasteiger partial charge in [0, 0.05) is 19.6 Å². The molecule has 0 bridgehead atoms. The van der Waals surface area contributed by atoms with E-state index in [4.69, 9.17) is 0 Å². The van der Waals surface area contributed by atoms with E-state index in [1.54, 1.807) is 0 Å². The van der Waals surface area contributed by atoms with Crippen molar-refractivity contribution in [1.29, 1.82) is 0 Å². The lowest BCUT2D eigenvalue weighted by molar-refractivity contribution is -0.125. The molecule has 1 aromatic carbocycles. The standard InChI is InChI=1S/C18H29N3O.ClH/c1-4-21(5-2)13-16-8-6-15(7-9-16)11-20-18(22)17-12-19-10-14(17)3;/h6-9,14,17,19H,4-5,10-13H2,1-3H3,(H,20,22);1H/t14-,17-;/m1./s1. The van der Waals surface area contributed by atoms with Crippen molar-refractivity contribution >= 4 is 18.3 Å². The summed E-state index contributed by atoms with van der Waals surface area (Å²) in [5, 5.41) is 6.34. The van der Waals surface area contributed by atoms with Gasteiger partial charge in [-0.3, -0.25) is 9.69 Å². The highest BCUT2D eigenvalue weighted by atomic mass is 35.5. The molecule has 0 aromatic heterocycles. The molecular weight excluding hydrogens is 310 g/mol. The Morgan fingerprint density at radius 1 is 1.17 bits per heavy atom. The second-order valence-corrected chi connectivity index (χ2v) is 6.24. The number of halogens is 1. The number of nitrogens with one attached hydrogen (secondary N) is 2. The predicted octanol–water partition coefficient (Wildman–Crippen LogP) is 2.42. The smallest absolute Gasteiger partial charge is 0.224 e. The molecule has 1 amide bonds. The number of nitrogens with zero attached hydrogens (tertiary/aromatic N) is 1. The molecule has 130 valence electrons. The van der Waals surface area contributed by atoms with Crippen LogP contribution < -0.4 is 10.6 Å². The van der Waals surface area contributed by atoms with E-state index < -0.39 is 0 Å². The van der Waals surface area contributed by atoms with Crippen LogP contribution in [0.3, 0.4) is 0 Å². The number of carbonyl (C=O) groups excluding carboxylic acids is 1. The second kappa shape index (κ2) is 9.91. The summed E-state index contributed by atoms with van der Waals surface area (Å²) in [6, 6.07) is 8.57. The fraction of sp³-hybridized carbons (Fsp3) is 0.611.